The highest BCUT2D eigenvalue weighted by Gasteiger charge is 2.07. The second-order valence-corrected chi connectivity index (χ2v) is 4.58. The summed E-state index contributed by atoms with van der Waals surface area (Å²) < 4.78 is 7.41. The summed E-state index contributed by atoms with van der Waals surface area (Å²) in [6.07, 6.45) is 5.01. The molecule has 2 N–H and O–H groups in total. The highest BCUT2D eigenvalue weighted by Crippen LogP contribution is 2.23. The van der Waals surface area contributed by atoms with Crippen molar-refractivity contribution in [1.82, 2.24) is 14.8 Å². The fourth-order valence-electron chi connectivity index (χ4n) is 1.45. The van der Waals surface area contributed by atoms with Crippen LogP contribution in [0.3, 0.4) is 0 Å². The van der Waals surface area contributed by atoms with E-state index in [0.29, 0.717) is 29.2 Å². The molecule has 96 valence electrons. The molecular weight excluding hydrogens is 252 g/mol. The van der Waals surface area contributed by atoms with Gasteiger partial charge in [0.25, 0.3) is 0 Å². The lowest BCUT2D eigenvalue weighted by molar-refractivity contribution is 0.458. The molecule has 0 aliphatic carbocycles. The number of nitrogens with zero attached hydrogens (tertiary/aromatic N) is 3. The first kappa shape index (κ1) is 12.9. The van der Waals surface area contributed by atoms with E-state index in [4.69, 9.17) is 22.1 Å². The Hall–Kier alpha value is -1.59. The Morgan fingerprint density at radius 3 is 2.83 bits per heavy atom. The summed E-state index contributed by atoms with van der Waals surface area (Å²) in [5.41, 5.74) is 6.38. The minimum atomic E-state index is 0.292. The van der Waals surface area contributed by atoms with E-state index in [2.05, 4.69) is 10.1 Å². The van der Waals surface area contributed by atoms with Crippen LogP contribution in [0.4, 0.5) is 0 Å². The lowest BCUT2D eigenvalue weighted by Crippen LogP contribution is -2.00. The molecule has 5 nitrogen and oxygen atoms in total. The highest BCUT2D eigenvalue weighted by atomic mass is 35.5. The molecule has 0 aliphatic heterocycles. The Kier molecular flexibility index (Phi) is 3.84. The fourth-order valence-corrected chi connectivity index (χ4v) is 1.63. The van der Waals surface area contributed by atoms with Crippen molar-refractivity contribution in [2.45, 2.75) is 26.4 Å². The maximum absolute atomic E-state index is 5.93. The molecule has 0 saturated carbocycles. The molecule has 6 heteroatoms. The number of nitrogens with two attached hydrogens (primary N) is 1. The maximum atomic E-state index is 5.93. The number of rotatable bonds is 4. The van der Waals surface area contributed by atoms with Crippen molar-refractivity contribution in [1.29, 1.82) is 0 Å². The van der Waals surface area contributed by atoms with E-state index in [9.17, 15) is 0 Å². The number of halogens is 1. The van der Waals surface area contributed by atoms with Gasteiger partial charge in [-0.1, -0.05) is 11.6 Å². The molecule has 0 radical (unpaired) electrons. The van der Waals surface area contributed by atoms with Crippen molar-refractivity contribution in [2.75, 3.05) is 0 Å². The van der Waals surface area contributed by atoms with Crippen molar-refractivity contribution < 1.29 is 4.74 Å². The summed E-state index contributed by atoms with van der Waals surface area (Å²) >= 11 is 5.93. The third-order valence-corrected chi connectivity index (χ3v) is 2.80. The monoisotopic (exact) mass is 266 g/mol. The van der Waals surface area contributed by atoms with E-state index < -0.39 is 0 Å². The topological polar surface area (TPSA) is 66.0 Å². The third kappa shape index (κ3) is 2.80. The van der Waals surface area contributed by atoms with E-state index >= 15 is 0 Å². The van der Waals surface area contributed by atoms with Gasteiger partial charge in [-0.2, -0.15) is 5.10 Å². The molecule has 2 aromatic heterocycles. The van der Waals surface area contributed by atoms with E-state index in [1.807, 2.05) is 24.7 Å². The van der Waals surface area contributed by atoms with Crippen LogP contribution in [-0.2, 0) is 6.54 Å². The number of hydrogen-bond donors (Lipinski definition) is 1. The molecule has 2 heterocycles. The van der Waals surface area contributed by atoms with Crippen LogP contribution in [-0.4, -0.2) is 14.8 Å². The van der Waals surface area contributed by atoms with Crippen molar-refractivity contribution in [2.24, 2.45) is 5.73 Å². The molecule has 2 rings (SSSR count). The fraction of sp³-hybridized carbons (Fsp3) is 0.333. The first-order valence-electron chi connectivity index (χ1n) is 5.66. The van der Waals surface area contributed by atoms with E-state index in [0.717, 1.165) is 5.56 Å². The first-order chi connectivity index (χ1) is 8.60. The average molecular weight is 267 g/mol. The van der Waals surface area contributed by atoms with Crippen molar-refractivity contribution >= 4 is 11.6 Å². The Labute approximate surface area is 111 Å². The van der Waals surface area contributed by atoms with E-state index in [1.165, 1.54) is 6.20 Å². The summed E-state index contributed by atoms with van der Waals surface area (Å²) in [7, 11) is 0. The SMILES string of the molecule is CC(C)n1cc(Oc2cc(CN)c(Cl)cn2)cn1. The number of aromatic nitrogens is 3. The second kappa shape index (κ2) is 5.37. The largest absolute Gasteiger partial charge is 0.436 e. The number of pyridine rings is 1. The van der Waals surface area contributed by atoms with Crippen LogP contribution in [0.2, 0.25) is 5.02 Å². The van der Waals surface area contributed by atoms with Crippen LogP contribution < -0.4 is 10.5 Å². The molecule has 0 amide bonds. The molecule has 0 saturated heterocycles. The minimum Gasteiger partial charge on any atom is -0.436 e. The Bertz CT molecular complexity index is 539. The van der Waals surface area contributed by atoms with Crippen LogP contribution in [0.5, 0.6) is 11.6 Å². The van der Waals surface area contributed by atoms with Crippen LogP contribution in [0.25, 0.3) is 0 Å². The molecule has 0 atom stereocenters. The van der Waals surface area contributed by atoms with Crippen molar-refractivity contribution in [3.05, 3.63) is 35.2 Å². The smallest absolute Gasteiger partial charge is 0.219 e. The van der Waals surface area contributed by atoms with Gasteiger partial charge in [0.1, 0.15) is 0 Å². The van der Waals surface area contributed by atoms with Gasteiger partial charge in [-0.05, 0) is 19.4 Å². The predicted octanol–water partition coefficient (Wildman–Crippen LogP) is 2.76. The highest BCUT2D eigenvalue weighted by molar-refractivity contribution is 6.31. The van der Waals surface area contributed by atoms with Crippen LogP contribution in [0.15, 0.2) is 24.7 Å². The van der Waals surface area contributed by atoms with Gasteiger partial charge in [-0.25, -0.2) is 4.98 Å². The summed E-state index contributed by atoms with van der Waals surface area (Å²) in [5.74, 6) is 1.10. The maximum Gasteiger partial charge on any atom is 0.219 e. The minimum absolute atomic E-state index is 0.292. The van der Waals surface area contributed by atoms with Gasteiger partial charge < -0.3 is 10.5 Å². The normalized spacial score (nSPS) is 10.9. The molecule has 0 fully saturated rings. The van der Waals surface area contributed by atoms with Gasteiger partial charge in [0.15, 0.2) is 5.75 Å². The van der Waals surface area contributed by atoms with Crippen molar-refractivity contribution in [3.63, 3.8) is 0 Å². The van der Waals surface area contributed by atoms with Gasteiger partial charge in [-0.15, -0.1) is 0 Å². The third-order valence-electron chi connectivity index (χ3n) is 2.46. The zero-order valence-electron chi connectivity index (χ0n) is 10.3. The van der Waals surface area contributed by atoms with E-state index in [-0.39, 0.29) is 0 Å². The molecule has 0 bridgehead atoms. The number of hydrogen-bond acceptors (Lipinski definition) is 4. The molecule has 0 unspecified atom stereocenters. The molecular formula is C12H15ClN4O. The number of ether oxygens (including phenoxy) is 1. The summed E-state index contributed by atoms with van der Waals surface area (Å²) in [5, 5.41) is 4.73. The zero-order chi connectivity index (χ0) is 13.1. The van der Waals surface area contributed by atoms with Crippen LogP contribution >= 0.6 is 11.6 Å². The van der Waals surface area contributed by atoms with Gasteiger partial charge in [-0.3, -0.25) is 4.68 Å². The molecule has 2 aromatic rings. The Morgan fingerprint density at radius 2 is 2.22 bits per heavy atom. The van der Waals surface area contributed by atoms with Crippen LogP contribution in [0, 0.1) is 0 Å². The predicted molar refractivity (Wildman–Crippen MR) is 69.8 cm³/mol. The Balaban J connectivity index is 2.17. The molecule has 0 aliphatic rings. The molecule has 0 spiro atoms. The zero-order valence-corrected chi connectivity index (χ0v) is 11.1. The Morgan fingerprint density at radius 1 is 1.44 bits per heavy atom. The standard InChI is InChI=1S/C12H15ClN4O/c1-8(2)17-7-10(5-16-17)18-12-3-9(4-14)11(13)6-15-12/h3,5-8H,4,14H2,1-2H3. The van der Waals surface area contributed by atoms with Gasteiger partial charge in [0.05, 0.1) is 17.4 Å². The summed E-state index contributed by atoms with van der Waals surface area (Å²) in [6.45, 7) is 4.44. The molecule has 0 aromatic carbocycles. The van der Waals surface area contributed by atoms with Gasteiger partial charge in [0, 0.05) is 24.8 Å². The van der Waals surface area contributed by atoms with E-state index in [1.54, 1.807) is 12.3 Å². The summed E-state index contributed by atoms with van der Waals surface area (Å²) in [4.78, 5) is 4.09. The average Bonchev–Trinajstić information content (AvgIpc) is 2.80. The quantitative estimate of drug-likeness (QED) is 0.924. The first-order valence-corrected chi connectivity index (χ1v) is 6.04. The summed E-state index contributed by atoms with van der Waals surface area (Å²) in [6, 6.07) is 2.02. The van der Waals surface area contributed by atoms with Gasteiger partial charge in [0.2, 0.25) is 5.88 Å². The lowest BCUT2D eigenvalue weighted by atomic mass is 10.3. The van der Waals surface area contributed by atoms with Crippen LogP contribution in [0.1, 0.15) is 25.5 Å². The lowest BCUT2D eigenvalue weighted by Gasteiger charge is -2.05. The van der Waals surface area contributed by atoms with Gasteiger partial charge >= 0.3 is 0 Å². The molecule has 18 heavy (non-hydrogen) atoms. The second-order valence-electron chi connectivity index (χ2n) is 4.17. The van der Waals surface area contributed by atoms with Crippen molar-refractivity contribution in [3.8, 4) is 11.6 Å².